The van der Waals surface area contributed by atoms with Crippen LogP contribution in [0.4, 0.5) is 0 Å². The van der Waals surface area contributed by atoms with E-state index in [9.17, 15) is 10.1 Å². The van der Waals surface area contributed by atoms with Crippen LogP contribution in [0.15, 0.2) is 57.8 Å². The number of benzene rings is 2. The van der Waals surface area contributed by atoms with E-state index in [1.165, 1.54) is 0 Å². The van der Waals surface area contributed by atoms with Gasteiger partial charge in [0.2, 0.25) is 0 Å². The van der Waals surface area contributed by atoms with E-state index in [1.54, 1.807) is 4.57 Å². The number of H-pyrrole nitrogens is 1. The van der Waals surface area contributed by atoms with E-state index in [0.29, 0.717) is 11.2 Å². The Bertz CT molecular complexity index is 1240. The van der Waals surface area contributed by atoms with Crippen molar-refractivity contribution in [3.05, 3.63) is 69.1 Å². The predicted molar refractivity (Wildman–Crippen MR) is 106 cm³/mol. The molecule has 0 atom stereocenters. The molecule has 0 aliphatic heterocycles. The second-order valence-corrected chi connectivity index (χ2v) is 7.66. The molecule has 2 heterocycles. The summed E-state index contributed by atoms with van der Waals surface area (Å²) in [6, 6.07) is 17.5. The third kappa shape index (κ3) is 2.61. The highest BCUT2D eigenvalue weighted by atomic mass is 79.9. The fourth-order valence-electron chi connectivity index (χ4n) is 3.01. The zero-order valence-corrected chi connectivity index (χ0v) is 15.8. The van der Waals surface area contributed by atoms with Gasteiger partial charge in [0.25, 0.3) is 0 Å². The number of imidazole rings is 1. The van der Waals surface area contributed by atoms with Crippen molar-refractivity contribution in [2.75, 3.05) is 0 Å². The first-order valence-corrected chi connectivity index (χ1v) is 8.91. The lowest BCUT2D eigenvalue weighted by molar-refractivity contribution is 0.686. The van der Waals surface area contributed by atoms with Gasteiger partial charge in [0, 0.05) is 9.86 Å². The molecule has 4 aromatic rings. The molecule has 0 aliphatic carbocycles. The highest BCUT2D eigenvalue weighted by molar-refractivity contribution is 9.10. The van der Waals surface area contributed by atoms with E-state index in [1.807, 2.05) is 62.4 Å². The number of nitrogens with zero attached hydrogens (tertiary/aromatic N) is 3. The number of nitrogens with one attached hydrogen (secondary N) is 1. The van der Waals surface area contributed by atoms with E-state index in [-0.39, 0.29) is 5.69 Å². The van der Waals surface area contributed by atoms with Gasteiger partial charge in [0.05, 0.1) is 28.2 Å². The van der Waals surface area contributed by atoms with Crippen LogP contribution in [0.1, 0.15) is 19.4 Å². The predicted octanol–water partition coefficient (Wildman–Crippen LogP) is 4.43. The fourth-order valence-corrected chi connectivity index (χ4v) is 3.39. The van der Waals surface area contributed by atoms with E-state index in [0.717, 1.165) is 26.6 Å². The largest absolute Gasteiger partial charge is 0.332 e. The quantitative estimate of drug-likeness (QED) is 0.534. The van der Waals surface area contributed by atoms with Crippen molar-refractivity contribution in [1.82, 2.24) is 14.5 Å². The van der Waals surface area contributed by atoms with Crippen molar-refractivity contribution in [2.45, 2.75) is 19.3 Å². The highest BCUT2D eigenvalue weighted by Gasteiger charge is 2.20. The Labute approximate surface area is 158 Å². The molecule has 0 unspecified atom stereocenters. The van der Waals surface area contributed by atoms with E-state index < -0.39 is 5.41 Å². The minimum atomic E-state index is -0.576. The first-order valence-electron chi connectivity index (χ1n) is 8.12. The molecule has 2 aromatic carbocycles. The summed E-state index contributed by atoms with van der Waals surface area (Å²) >= 11 is 3.47. The van der Waals surface area contributed by atoms with Crippen molar-refractivity contribution in [3.63, 3.8) is 0 Å². The van der Waals surface area contributed by atoms with Crippen molar-refractivity contribution < 1.29 is 0 Å². The van der Waals surface area contributed by atoms with Crippen molar-refractivity contribution in [1.29, 1.82) is 5.26 Å². The van der Waals surface area contributed by atoms with Crippen LogP contribution in [-0.2, 0) is 5.41 Å². The van der Waals surface area contributed by atoms with E-state index in [2.05, 4.69) is 32.0 Å². The molecule has 0 spiro atoms. The Morgan fingerprint density at radius 3 is 2.58 bits per heavy atom. The van der Waals surface area contributed by atoms with Crippen LogP contribution in [0, 0.1) is 11.3 Å². The van der Waals surface area contributed by atoms with Crippen LogP contribution >= 0.6 is 15.9 Å². The summed E-state index contributed by atoms with van der Waals surface area (Å²) in [4.78, 5) is 19.9. The average Bonchev–Trinajstić information content (AvgIpc) is 2.94. The van der Waals surface area contributed by atoms with E-state index >= 15 is 0 Å². The number of pyridine rings is 1. The molecule has 5 nitrogen and oxygen atoms in total. The Morgan fingerprint density at radius 1 is 1.15 bits per heavy atom. The molecule has 26 heavy (non-hydrogen) atoms. The smallest absolute Gasteiger partial charge is 0.290 e. The average molecular weight is 407 g/mol. The standard InChI is InChI=1S/C20H15BrN4O/c1-20(2,11-22)13-3-6-15(7-4-13)25-17-10-12-9-14(21)5-8-16(12)23-18(17)24-19(25)26/h3-10H,1-2H3,(H,23,24,26). The zero-order valence-electron chi connectivity index (χ0n) is 14.2. The monoisotopic (exact) mass is 406 g/mol. The number of halogens is 1. The maximum Gasteiger partial charge on any atom is 0.332 e. The molecule has 0 fully saturated rings. The minimum absolute atomic E-state index is 0.242. The second-order valence-electron chi connectivity index (χ2n) is 6.74. The lowest BCUT2D eigenvalue weighted by Gasteiger charge is -2.16. The normalized spacial score (nSPS) is 11.8. The summed E-state index contributed by atoms with van der Waals surface area (Å²) in [7, 11) is 0. The maximum atomic E-state index is 12.5. The summed E-state index contributed by atoms with van der Waals surface area (Å²) in [5, 5.41) is 10.2. The molecule has 0 saturated heterocycles. The maximum absolute atomic E-state index is 12.5. The van der Waals surface area contributed by atoms with Crippen LogP contribution in [-0.4, -0.2) is 14.5 Å². The molecule has 0 amide bonds. The van der Waals surface area contributed by atoms with Gasteiger partial charge in [-0.05, 0) is 55.8 Å². The molecule has 4 rings (SSSR count). The molecule has 0 bridgehead atoms. The number of hydrogen-bond donors (Lipinski definition) is 1. The lowest BCUT2D eigenvalue weighted by Crippen LogP contribution is -2.16. The molecular formula is C20H15BrN4O. The molecule has 2 aromatic heterocycles. The Hall–Kier alpha value is -2.91. The lowest BCUT2D eigenvalue weighted by atomic mass is 9.86. The minimum Gasteiger partial charge on any atom is -0.290 e. The van der Waals surface area contributed by atoms with Gasteiger partial charge in [-0.2, -0.15) is 5.26 Å². The third-order valence-corrected chi connectivity index (χ3v) is 5.05. The van der Waals surface area contributed by atoms with Gasteiger partial charge >= 0.3 is 5.69 Å². The molecule has 6 heteroatoms. The van der Waals surface area contributed by atoms with Gasteiger partial charge < -0.3 is 0 Å². The number of rotatable bonds is 2. The van der Waals surface area contributed by atoms with Gasteiger partial charge in [0.1, 0.15) is 0 Å². The molecular weight excluding hydrogens is 392 g/mol. The van der Waals surface area contributed by atoms with Crippen molar-refractivity contribution in [3.8, 4) is 11.8 Å². The fraction of sp³-hybridized carbons (Fsp3) is 0.150. The Kier molecular flexibility index (Phi) is 3.70. The molecule has 0 saturated carbocycles. The SMILES string of the molecule is CC(C)(C#N)c1ccc(-n2c(=O)[nH]c3nc4ccc(Br)cc4cc32)cc1. The van der Waals surface area contributed by atoms with Crippen LogP contribution in [0.3, 0.4) is 0 Å². The molecule has 128 valence electrons. The topological polar surface area (TPSA) is 74.5 Å². The van der Waals surface area contributed by atoms with Crippen LogP contribution in [0.25, 0.3) is 27.8 Å². The second kappa shape index (κ2) is 5.82. The number of aromatic nitrogens is 3. The third-order valence-electron chi connectivity index (χ3n) is 4.55. The summed E-state index contributed by atoms with van der Waals surface area (Å²) in [5.41, 5.74) is 2.90. The van der Waals surface area contributed by atoms with Crippen molar-refractivity contribution >= 4 is 38.0 Å². The number of fused-ring (bicyclic) bond motifs is 2. The molecule has 0 radical (unpaired) electrons. The van der Waals surface area contributed by atoms with Crippen LogP contribution in [0.5, 0.6) is 0 Å². The summed E-state index contributed by atoms with van der Waals surface area (Å²) in [5.74, 6) is 0. The van der Waals surface area contributed by atoms with Crippen molar-refractivity contribution in [2.24, 2.45) is 0 Å². The first-order chi connectivity index (χ1) is 12.4. The Morgan fingerprint density at radius 2 is 1.88 bits per heavy atom. The summed E-state index contributed by atoms with van der Waals surface area (Å²) in [6.07, 6.45) is 0. The van der Waals surface area contributed by atoms with Crippen LogP contribution in [0.2, 0.25) is 0 Å². The van der Waals surface area contributed by atoms with Crippen LogP contribution < -0.4 is 5.69 Å². The van der Waals surface area contributed by atoms with Gasteiger partial charge in [-0.15, -0.1) is 0 Å². The van der Waals surface area contributed by atoms with Gasteiger partial charge in [0.15, 0.2) is 5.65 Å². The summed E-state index contributed by atoms with van der Waals surface area (Å²) < 4.78 is 2.56. The number of nitriles is 1. The van der Waals surface area contributed by atoms with Gasteiger partial charge in [-0.1, -0.05) is 28.1 Å². The molecule has 1 N–H and O–H groups in total. The van der Waals surface area contributed by atoms with Gasteiger partial charge in [-0.25, -0.2) is 9.78 Å². The summed E-state index contributed by atoms with van der Waals surface area (Å²) in [6.45, 7) is 3.74. The zero-order chi connectivity index (χ0) is 18.5. The number of aromatic amines is 1. The van der Waals surface area contributed by atoms with Gasteiger partial charge in [-0.3, -0.25) is 9.55 Å². The van der Waals surface area contributed by atoms with E-state index in [4.69, 9.17) is 0 Å². The highest BCUT2D eigenvalue weighted by Crippen LogP contribution is 2.25. The molecule has 0 aliphatic rings. The Balaban J connectivity index is 1.92. The number of hydrogen-bond acceptors (Lipinski definition) is 3. The first kappa shape index (κ1) is 16.6.